The monoisotopic (exact) mass is 326 g/mol. The molecular formula is C16H26N2O5. The molecule has 5 N–H and O–H groups in total. The molecule has 3 rings (SSSR count). The first-order valence-electron chi connectivity index (χ1n) is 8.20. The van der Waals surface area contributed by atoms with Crippen molar-refractivity contribution in [3.63, 3.8) is 0 Å². The number of aliphatic hydroxyl groups excluding tert-OH is 1. The van der Waals surface area contributed by atoms with E-state index in [0.29, 0.717) is 26.1 Å². The maximum absolute atomic E-state index is 10.7. The molecule has 0 aromatic rings. The zero-order valence-corrected chi connectivity index (χ0v) is 13.1. The topological polar surface area (TPSA) is 109 Å². The summed E-state index contributed by atoms with van der Waals surface area (Å²) >= 11 is 0. The van der Waals surface area contributed by atoms with Gasteiger partial charge in [0.15, 0.2) is 12.6 Å². The molecule has 0 radical (unpaired) electrons. The zero-order chi connectivity index (χ0) is 16.2. The molecule has 2 aliphatic heterocycles. The lowest BCUT2D eigenvalue weighted by atomic mass is 9.84. The molecule has 7 atom stereocenters. The lowest BCUT2D eigenvalue weighted by molar-refractivity contribution is -0.243. The van der Waals surface area contributed by atoms with E-state index in [9.17, 15) is 5.11 Å². The third-order valence-corrected chi connectivity index (χ3v) is 4.40. The van der Waals surface area contributed by atoms with E-state index >= 15 is 0 Å². The van der Waals surface area contributed by atoms with Gasteiger partial charge in [-0.15, -0.1) is 0 Å². The van der Waals surface area contributed by atoms with Crippen molar-refractivity contribution in [3.05, 3.63) is 24.3 Å². The third-order valence-electron chi connectivity index (χ3n) is 4.40. The molecule has 0 amide bonds. The highest BCUT2D eigenvalue weighted by molar-refractivity contribution is 5.00. The minimum absolute atomic E-state index is 0.364. The molecule has 23 heavy (non-hydrogen) atoms. The molecule has 130 valence electrons. The van der Waals surface area contributed by atoms with E-state index in [-0.39, 0.29) is 12.1 Å². The van der Waals surface area contributed by atoms with E-state index in [1.807, 2.05) is 24.3 Å². The summed E-state index contributed by atoms with van der Waals surface area (Å²) < 4.78 is 22.7. The Balaban J connectivity index is 1.63. The lowest BCUT2D eigenvalue weighted by Crippen LogP contribution is -2.64. The van der Waals surface area contributed by atoms with Crippen molar-refractivity contribution in [3.8, 4) is 0 Å². The summed E-state index contributed by atoms with van der Waals surface area (Å²) in [5, 5.41) is 10.7. The maximum Gasteiger partial charge on any atom is 0.177 e. The van der Waals surface area contributed by atoms with Crippen LogP contribution in [0.3, 0.4) is 0 Å². The van der Waals surface area contributed by atoms with Crippen LogP contribution >= 0.6 is 0 Å². The average Bonchev–Trinajstić information content (AvgIpc) is 2.57. The number of rotatable bonds is 4. The highest BCUT2D eigenvalue weighted by Gasteiger charge is 2.45. The number of hydrogen-bond donors (Lipinski definition) is 3. The van der Waals surface area contributed by atoms with Crippen LogP contribution in [0.4, 0.5) is 0 Å². The fourth-order valence-corrected chi connectivity index (χ4v) is 3.17. The summed E-state index contributed by atoms with van der Waals surface area (Å²) in [5.41, 5.74) is 12.3. The van der Waals surface area contributed by atoms with Gasteiger partial charge in [0, 0.05) is 18.5 Å². The van der Waals surface area contributed by atoms with Gasteiger partial charge in [0.25, 0.3) is 0 Å². The first kappa shape index (κ1) is 17.0. The van der Waals surface area contributed by atoms with Crippen LogP contribution in [-0.2, 0) is 18.9 Å². The van der Waals surface area contributed by atoms with Crippen LogP contribution in [0.2, 0.25) is 0 Å². The van der Waals surface area contributed by atoms with Crippen LogP contribution < -0.4 is 11.5 Å². The molecule has 7 nitrogen and oxygen atoms in total. The van der Waals surface area contributed by atoms with Crippen LogP contribution in [0.25, 0.3) is 0 Å². The minimum atomic E-state index is -0.929. The largest absolute Gasteiger partial charge is 0.388 e. The molecular weight excluding hydrogens is 300 g/mol. The summed E-state index contributed by atoms with van der Waals surface area (Å²) in [6.07, 6.45) is 6.79. The molecule has 0 aromatic heterocycles. The molecule has 0 spiro atoms. The van der Waals surface area contributed by atoms with Gasteiger partial charge < -0.3 is 35.5 Å². The summed E-state index contributed by atoms with van der Waals surface area (Å²) in [4.78, 5) is 0. The molecule has 2 heterocycles. The van der Waals surface area contributed by atoms with Crippen molar-refractivity contribution in [1.82, 2.24) is 0 Å². The summed E-state index contributed by atoms with van der Waals surface area (Å²) in [7, 11) is 0. The van der Waals surface area contributed by atoms with Crippen molar-refractivity contribution in [2.45, 2.75) is 62.2 Å². The zero-order valence-electron chi connectivity index (χ0n) is 13.1. The Hall–Kier alpha value is -0.800. The number of hydrogen-bond acceptors (Lipinski definition) is 7. The Bertz CT molecular complexity index is 444. The van der Waals surface area contributed by atoms with Gasteiger partial charge >= 0.3 is 0 Å². The van der Waals surface area contributed by atoms with Gasteiger partial charge in [-0.05, 0) is 18.9 Å². The van der Waals surface area contributed by atoms with Crippen LogP contribution in [0.15, 0.2) is 24.3 Å². The van der Waals surface area contributed by atoms with Gasteiger partial charge in [-0.25, -0.2) is 0 Å². The van der Waals surface area contributed by atoms with Crippen molar-refractivity contribution in [2.24, 2.45) is 11.5 Å². The van der Waals surface area contributed by atoms with E-state index in [4.69, 9.17) is 30.4 Å². The lowest BCUT2D eigenvalue weighted by Gasteiger charge is -2.43. The SMILES string of the molecule is N[C@@H]1C[C@H](N)[C@@H](OC2CC=CCO2)[C@H](O)[C@H]1OC1C=CCCO1. The van der Waals surface area contributed by atoms with E-state index in [1.165, 1.54) is 0 Å². The molecule has 1 aliphatic carbocycles. The fraction of sp³-hybridized carbons (Fsp3) is 0.750. The van der Waals surface area contributed by atoms with Crippen molar-refractivity contribution in [2.75, 3.05) is 13.2 Å². The standard InChI is InChI=1S/C16H26N2O5/c17-10-9-11(18)16(23-13-6-2-4-8-21-13)14(19)15(10)22-12-5-1-3-7-20-12/h1-3,6,10-16,19H,4-5,7-9,17-18H2/t10-,11+,12?,13?,14-,15+,16-/m0/s1. The normalized spacial score (nSPS) is 44.4. The van der Waals surface area contributed by atoms with E-state index in [1.54, 1.807) is 0 Å². The second kappa shape index (κ2) is 7.85. The van der Waals surface area contributed by atoms with Gasteiger partial charge in [0.2, 0.25) is 0 Å². The van der Waals surface area contributed by atoms with Gasteiger partial charge in [0.05, 0.1) is 13.2 Å². The highest BCUT2D eigenvalue weighted by Crippen LogP contribution is 2.27. The first-order valence-corrected chi connectivity index (χ1v) is 8.20. The van der Waals surface area contributed by atoms with Crippen LogP contribution in [0.1, 0.15) is 19.3 Å². The number of aliphatic hydroxyl groups is 1. The van der Waals surface area contributed by atoms with E-state index in [2.05, 4.69) is 0 Å². The van der Waals surface area contributed by atoms with Gasteiger partial charge in [0.1, 0.15) is 18.3 Å². The molecule has 7 heteroatoms. The molecule has 2 unspecified atom stereocenters. The minimum Gasteiger partial charge on any atom is -0.388 e. The third kappa shape index (κ3) is 4.19. The quantitative estimate of drug-likeness (QED) is 0.613. The number of ether oxygens (including phenoxy) is 4. The Morgan fingerprint density at radius 3 is 2.43 bits per heavy atom. The highest BCUT2D eigenvalue weighted by atomic mass is 16.7. The summed E-state index contributed by atoms with van der Waals surface area (Å²) in [6, 6.07) is -0.733. The molecule has 3 aliphatic rings. The van der Waals surface area contributed by atoms with Gasteiger partial charge in [-0.2, -0.15) is 0 Å². The maximum atomic E-state index is 10.7. The number of nitrogens with two attached hydrogens (primary N) is 2. The Morgan fingerprint density at radius 2 is 1.78 bits per heavy atom. The first-order chi connectivity index (χ1) is 11.1. The Morgan fingerprint density at radius 1 is 1.00 bits per heavy atom. The second-order valence-electron chi connectivity index (χ2n) is 6.18. The second-order valence-corrected chi connectivity index (χ2v) is 6.18. The molecule has 1 saturated carbocycles. The predicted octanol–water partition coefficient (Wildman–Crippen LogP) is -0.219. The smallest absolute Gasteiger partial charge is 0.177 e. The van der Waals surface area contributed by atoms with Crippen molar-refractivity contribution in [1.29, 1.82) is 0 Å². The van der Waals surface area contributed by atoms with Crippen molar-refractivity contribution >= 4 is 0 Å². The Labute approximate surface area is 136 Å². The van der Waals surface area contributed by atoms with E-state index < -0.39 is 30.9 Å². The summed E-state index contributed by atoms with van der Waals surface area (Å²) in [6.45, 7) is 1.10. The molecule has 0 aromatic carbocycles. The molecule has 0 saturated heterocycles. The van der Waals surface area contributed by atoms with Crippen molar-refractivity contribution < 1.29 is 24.1 Å². The van der Waals surface area contributed by atoms with Gasteiger partial charge in [-0.3, -0.25) is 0 Å². The van der Waals surface area contributed by atoms with Gasteiger partial charge in [-0.1, -0.05) is 18.2 Å². The Kier molecular flexibility index (Phi) is 5.81. The average molecular weight is 326 g/mol. The van der Waals surface area contributed by atoms with Crippen LogP contribution in [0, 0.1) is 0 Å². The summed E-state index contributed by atoms with van der Waals surface area (Å²) in [5.74, 6) is 0. The molecule has 0 bridgehead atoms. The van der Waals surface area contributed by atoms with E-state index in [0.717, 1.165) is 6.42 Å². The fourth-order valence-electron chi connectivity index (χ4n) is 3.17. The van der Waals surface area contributed by atoms with Crippen LogP contribution in [-0.4, -0.2) is 61.3 Å². The predicted molar refractivity (Wildman–Crippen MR) is 83.3 cm³/mol. The van der Waals surface area contributed by atoms with Crippen LogP contribution in [0.5, 0.6) is 0 Å². The molecule has 1 fully saturated rings.